The summed E-state index contributed by atoms with van der Waals surface area (Å²) >= 11 is 0. The first-order valence-electron chi connectivity index (χ1n) is 4.59. The van der Waals surface area contributed by atoms with Gasteiger partial charge in [-0.25, -0.2) is 0 Å². The average molecular weight is 178 g/mol. The molecule has 1 saturated heterocycles. The molecule has 0 N–H and O–H groups in total. The summed E-state index contributed by atoms with van der Waals surface area (Å²) in [5.41, 5.74) is 2.62. The lowest BCUT2D eigenvalue weighted by atomic mass is 10.1. The highest BCUT2D eigenvalue weighted by Crippen LogP contribution is 2.29. The van der Waals surface area contributed by atoms with Crippen molar-refractivity contribution < 1.29 is 9.47 Å². The van der Waals surface area contributed by atoms with Crippen LogP contribution in [0.4, 0.5) is 0 Å². The summed E-state index contributed by atoms with van der Waals surface area (Å²) in [4.78, 5) is 0. The molecule has 0 spiro atoms. The largest absolute Gasteiger partial charge is 0.384 e. The lowest BCUT2D eigenvalue weighted by Gasteiger charge is -2.01. The summed E-state index contributed by atoms with van der Waals surface area (Å²) in [6, 6.07) is 8.58. The van der Waals surface area contributed by atoms with E-state index in [1.54, 1.807) is 7.11 Å². The monoisotopic (exact) mass is 178 g/mol. The van der Waals surface area contributed by atoms with E-state index in [1.807, 2.05) is 0 Å². The Morgan fingerprint density at radius 2 is 2.08 bits per heavy atom. The molecule has 1 unspecified atom stereocenters. The zero-order valence-electron chi connectivity index (χ0n) is 7.82. The van der Waals surface area contributed by atoms with E-state index in [9.17, 15) is 0 Å². The zero-order valence-corrected chi connectivity index (χ0v) is 7.82. The van der Waals surface area contributed by atoms with Gasteiger partial charge >= 0.3 is 0 Å². The van der Waals surface area contributed by atoms with Crippen molar-refractivity contribution in [3.8, 4) is 0 Å². The van der Waals surface area contributed by atoms with Gasteiger partial charge in [0.1, 0.15) is 6.10 Å². The molecular weight excluding hydrogens is 164 g/mol. The molecule has 0 saturated carbocycles. The predicted octanol–water partition coefficient (Wildman–Crippen LogP) is 1.95. The summed E-state index contributed by atoms with van der Waals surface area (Å²) in [6.07, 6.45) is 1.36. The average Bonchev–Trinajstić information content (AvgIpc) is 2.99. The topological polar surface area (TPSA) is 21.8 Å². The molecule has 0 aromatic heterocycles. The van der Waals surface area contributed by atoms with Crippen LogP contribution in [0.15, 0.2) is 24.3 Å². The number of benzene rings is 1. The molecule has 1 atom stereocenters. The highest BCUT2D eigenvalue weighted by atomic mass is 16.6. The summed E-state index contributed by atoms with van der Waals surface area (Å²) in [5, 5.41) is 0. The van der Waals surface area contributed by atoms with Crippen LogP contribution in [0.5, 0.6) is 0 Å². The summed E-state index contributed by atoms with van der Waals surface area (Å²) in [7, 11) is 1.73. The Hall–Kier alpha value is -0.860. The number of epoxide rings is 1. The second-order valence-electron chi connectivity index (χ2n) is 3.31. The van der Waals surface area contributed by atoms with Gasteiger partial charge in [0.15, 0.2) is 0 Å². The van der Waals surface area contributed by atoms with Crippen LogP contribution in [-0.4, -0.2) is 20.3 Å². The minimum atomic E-state index is 0.372. The molecule has 0 bridgehead atoms. The standard InChI is InChI=1S/C11H14O2/c1-12-7-6-9-2-4-10(5-3-9)11-8-13-11/h2-5,11H,6-8H2,1H3. The molecule has 0 aliphatic carbocycles. The highest BCUT2D eigenvalue weighted by molar-refractivity contribution is 5.26. The number of hydrogen-bond acceptors (Lipinski definition) is 2. The number of rotatable bonds is 4. The van der Waals surface area contributed by atoms with E-state index in [0.29, 0.717) is 6.10 Å². The first-order valence-corrected chi connectivity index (χ1v) is 4.59. The molecule has 2 nitrogen and oxygen atoms in total. The number of ether oxygens (including phenoxy) is 2. The second-order valence-corrected chi connectivity index (χ2v) is 3.31. The van der Waals surface area contributed by atoms with Crippen LogP contribution in [0, 0.1) is 0 Å². The number of methoxy groups -OCH3 is 1. The molecule has 2 heteroatoms. The van der Waals surface area contributed by atoms with Crippen LogP contribution >= 0.6 is 0 Å². The Labute approximate surface area is 78.5 Å². The Morgan fingerprint density at radius 1 is 1.38 bits per heavy atom. The number of hydrogen-bond donors (Lipinski definition) is 0. The third kappa shape index (κ3) is 2.29. The van der Waals surface area contributed by atoms with Crippen LogP contribution in [-0.2, 0) is 15.9 Å². The van der Waals surface area contributed by atoms with E-state index in [0.717, 1.165) is 19.6 Å². The van der Waals surface area contributed by atoms with Gasteiger partial charge in [0.25, 0.3) is 0 Å². The van der Waals surface area contributed by atoms with Crippen molar-refractivity contribution in [1.82, 2.24) is 0 Å². The van der Waals surface area contributed by atoms with E-state index >= 15 is 0 Å². The van der Waals surface area contributed by atoms with Crippen LogP contribution in [0.25, 0.3) is 0 Å². The fourth-order valence-corrected chi connectivity index (χ4v) is 1.36. The second kappa shape index (κ2) is 3.90. The fourth-order valence-electron chi connectivity index (χ4n) is 1.36. The minimum absolute atomic E-state index is 0.372. The molecule has 1 aromatic carbocycles. The van der Waals surface area contributed by atoms with Crippen molar-refractivity contribution in [2.75, 3.05) is 20.3 Å². The SMILES string of the molecule is COCCc1ccc(C2CO2)cc1. The lowest BCUT2D eigenvalue weighted by Crippen LogP contribution is -1.94. The van der Waals surface area contributed by atoms with Crippen molar-refractivity contribution in [3.05, 3.63) is 35.4 Å². The smallest absolute Gasteiger partial charge is 0.106 e. The van der Waals surface area contributed by atoms with Gasteiger partial charge in [0, 0.05) is 7.11 Å². The van der Waals surface area contributed by atoms with Crippen molar-refractivity contribution in [1.29, 1.82) is 0 Å². The van der Waals surface area contributed by atoms with E-state index in [1.165, 1.54) is 11.1 Å². The summed E-state index contributed by atoms with van der Waals surface area (Å²) < 4.78 is 10.2. The van der Waals surface area contributed by atoms with Crippen LogP contribution < -0.4 is 0 Å². The summed E-state index contributed by atoms with van der Waals surface area (Å²) in [5.74, 6) is 0. The maximum Gasteiger partial charge on any atom is 0.106 e. The molecule has 70 valence electrons. The maximum absolute atomic E-state index is 5.19. The van der Waals surface area contributed by atoms with E-state index < -0.39 is 0 Å². The first kappa shape index (κ1) is 8.73. The van der Waals surface area contributed by atoms with Crippen molar-refractivity contribution in [3.63, 3.8) is 0 Å². The van der Waals surface area contributed by atoms with Gasteiger partial charge in [-0.15, -0.1) is 0 Å². The van der Waals surface area contributed by atoms with Gasteiger partial charge in [-0.1, -0.05) is 24.3 Å². The molecule has 2 rings (SSSR count). The maximum atomic E-state index is 5.19. The van der Waals surface area contributed by atoms with Gasteiger partial charge < -0.3 is 9.47 Å². The molecule has 0 amide bonds. The van der Waals surface area contributed by atoms with Crippen molar-refractivity contribution in [2.24, 2.45) is 0 Å². The van der Waals surface area contributed by atoms with E-state index in [4.69, 9.17) is 9.47 Å². The van der Waals surface area contributed by atoms with Crippen LogP contribution in [0.2, 0.25) is 0 Å². The third-order valence-corrected chi connectivity index (χ3v) is 2.28. The third-order valence-electron chi connectivity index (χ3n) is 2.28. The Bertz CT molecular complexity index is 262. The van der Waals surface area contributed by atoms with Crippen LogP contribution in [0.1, 0.15) is 17.2 Å². The molecule has 13 heavy (non-hydrogen) atoms. The first-order chi connectivity index (χ1) is 6.40. The van der Waals surface area contributed by atoms with E-state index in [2.05, 4.69) is 24.3 Å². The predicted molar refractivity (Wildman–Crippen MR) is 50.7 cm³/mol. The highest BCUT2D eigenvalue weighted by Gasteiger charge is 2.23. The summed E-state index contributed by atoms with van der Waals surface area (Å²) in [6.45, 7) is 1.68. The molecule has 1 heterocycles. The molecule has 1 fully saturated rings. The van der Waals surface area contributed by atoms with Gasteiger partial charge in [-0.05, 0) is 17.5 Å². The lowest BCUT2D eigenvalue weighted by molar-refractivity contribution is 0.202. The van der Waals surface area contributed by atoms with Crippen LogP contribution in [0.3, 0.4) is 0 Å². The molecule has 1 aliphatic rings. The normalized spacial score (nSPS) is 20.2. The van der Waals surface area contributed by atoms with Gasteiger partial charge in [0.05, 0.1) is 13.2 Å². The Balaban J connectivity index is 1.96. The van der Waals surface area contributed by atoms with Gasteiger partial charge in [-0.2, -0.15) is 0 Å². The fraction of sp³-hybridized carbons (Fsp3) is 0.455. The minimum Gasteiger partial charge on any atom is -0.384 e. The van der Waals surface area contributed by atoms with Crippen molar-refractivity contribution >= 4 is 0 Å². The molecule has 1 aliphatic heterocycles. The Kier molecular flexibility index (Phi) is 2.62. The van der Waals surface area contributed by atoms with Gasteiger partial charge in [0.2, 0.25) is 0 Å². The molecule has 0 radical (unpaired) electrons. The zero-order chi connectivity index (χ0) is 9.10. The van der Waals surface area contributed by atoms with Crippen molar-refractivity contribution in [2.45, 2.75) is 12.5 Å². The van der Waals surface area contributed by atoms with E-state index in [-0.39, 0.29) is 0 Å². The Morgan fingerprint density at radius 3 is 2.62 bits per heavy atom. The molecular formula is C11H14O2. The van der Waals surface area contributed by atoms with Gasteiger partial charge in [-0.3, -0.25) is 0 Å². The molecule has 1 aromatic rings. The quantitative estimate of drug-likeness (QED) is 0.657.